The Labute approximate surface area is 128 Å². The molecule has 2 saturated carbocycles. The van der Waals surface area contributed by atoms with Gasteiger partial charge in [-0.2, -0.15) is 0 Å². The average Bonchev–Trinajstić information content (AvgIpc) is 2.43. The Bertz CT molecular complexity index is 254. The summed E-state index contributed by atoms with van der Waals surface area (Å²) >= 11 is 0. The van der Waals surface area contributed by atoms with Gasteiger partial charge in [-0.05, 0) is 43.9 Å². The first-order valence-corrected chi connectivity index (χ1v) is 5.74. The predicted molar refractivity (Wildman–Crippen MR) is 54.9 cm³/mol. The Morgan fingerprint density at radius 2 is 2.00 bits per heavy atom. The zero-order valence-corrected chi connectivity index (χ0v) is 14.4. The standard InChI is InChI=1S/C12H20O2.Ac/c1-8(13)9-5-6-10-11(14)4-3-7-12(9,10)2;/h9-11,14H,3-7H2,1-2H3;/t9?,10?,11?,12-;/m1./s1. The van der Waals surface area contributed by atoms with Gasteiger partial charge >= 0.3 is 0 Å². The third-order valence-electron chi connectivity index (χ3n) is 4.58. The second-order valence-corrected chi connectivity index (χ2v) is 5.31. The van der Waals surface area contributed by atoms with Crippen LogP contribution in [0.2, 0.25) is 0 Å². The molecule has 83 valence electrons. The van der Waals surface area contributed by atoms with Gasteiger partial charge in [0.2, 0.25) is 0 Å². The summed E-state index contributed by atoms with van der Waals surface area (Å²) in [5.74, 6) is 0.914. The minimum Gasteiger partial charge on any atom is -0.393 e. The van der Waals surface area contributed by atoms with Crippen LogP contribution in [0.15, 0.2) is 0 Å². The normalized spacial score (nSPS) is 44.3. The van der Waals surface area contributed by atoms with E-state index in [0.717, 1.165) is 32.1 Å². The van der Waals surface area contributed by atoms with E-state index in [9.17, 15) is 9.90 Å². The van der Waals surface area contributed by atoms with Gasteiger partial charge in [0.15, 0.2) is 0 Å². The van der Waals surface area contributed by atoms with Crippen LogP contribution in [0.25, 0.3) is 0 Å². The molecule has 0 heterocycles. The molecule has 3 unspecified atom stereocenters. The van der Waals surface area contributed by atoms with E-state index < -0.39 is 0 Å². The summed E-state index contributed by atoms with van der Waals surface area (Å²) in [5, 5.41) is 9.93. The van der Waals surface area contributed by atoms with Crippen molar-refractivity contribution in [2.45, 2.75) is 52.1 Å². The fourth-order valence-corrected chi connectivity index (χ4v) is 3.82. The molecule has 0 saturated heterocycles. The molecule has 3 heteroatoms. The number of rotatable bonds is 1. The van der Waals surface area contributed by atoms with Crippen molar-refractivity contribution in [3.05, 3.63) is 0 Å². The molecule has 0 aromatic heterocycles. The first kappa shape index (κ1) is 14.1. The summed E-state index contributed by atoms with van der Waals surface area (Å²) in [6.45, 7) is 3.92. The third-order valence-corrected chi connectivity index (χ3v) is 4.58. The molecule has 2 rings (SSSR count). The first-order valence-electron chi connectivity index (χ1n) is 5.74. The minimum absolute atomic E-state index is 0. The number of carbonyl (C=O) groups is 1. The van der Waals surface area contributed by atoms with Crippen molar-refractivity contribution in [3.8, 4) is 0 Å². The van der Waals surface area contributed by atoms with E-state index in [-0.39, 0.29) is 61.5 Å². The van der Waals surface area contributed by atoms with Crippen LogP contribution >= 0.6 is 0 Å². The van der Waals surface area contributed by atoms with Gasteiger partial charge in [0.25, 0.3) is 0 Å². The zero-order valence-electron chi connectivity index (χ0n) is 9.70. The summed E-state index contributed by atoms with van der Waals surface area (Å²) in [5.41, 5.74) is 0.101. The molecular formula is C12H20AcO2. The Balaban J connectivity index is 0.00000112. The smallest absolute Gasteiger partial charge is 0.133 e. The zero-order chi connectivity index (χ0) is 10.3. The number of hydrogen-bond acceptors (Lipinski definition) is 2. The van der Waals surface area contributed by atoms with Crippen molar-refractivity contribution in [2.75, 3.05) is 0 Å². The molecule has 2 aliphatic carbocycles. The van der Waals surface area contributed by atoms with Crippen LogP contribution in [0, 0.1) is 61.3 Å². The molecule has 1 N–H and O–H groups in total. The molecule has 2 fully saturated rings. The summed E-state index contributed by atoms with van der Waals surface area (Å²) in [6.07, 6.45) is 5.02. The quantitative estimate of drug-likeness (QED) is 0.702. The van der Waals surface area contributed by atoms with Crippen LogP contribution in [0.1, 0.15) is 46.0 Å². The molecule has 0 bridgehead atoms. The summed E-state index contributed by atoms with van der Waals surface area (Å²) in [4.78, 5) is 11.5. The maximum atomic E-state index is 11.5. The molecule has 2 nitrogen and oxygen atoms in total. The Morgan fingerprint density at radius 1 is 1.33 bits per heavy atom. The van der Waals surface area contributed by atoms with Crippen molar-refractivity contribution in [3.63, 3.8) is 0 Å². The average molecular weight is 423 g/mol. The fourth-order valence-electron chi connectivity index (χ4n) is 3.82. The van der Waals surface area contributed by atoms with Crippen molar-refractivity contribution < 1.29 is 54.0 Å². The Hall–Kier alpha value is 1.07. The van der Waals surface area contributed by atoms with Gasteiger partial charge in [-0.1, -0.05) is 13.3 Å². The van der Waals surface area contributed by atoms with E-state index in [1.54, 1.807) is 6.92 Å². The van der Waals surface area contributed by atoms with E-state index in [1.165, 1.54) is 0 Å². The van der Waals surface area contributed by atoms with Crippen LogP contribution < -0.4 is 0 Å². The van der Waals surface area contributed by atoms with Crippen LogP contribution in [-0.4, -0.2) is 17.0 Å². The molecule has 0 aromatic rings. The predicted octanol–water partition coefficient (Wildman–Crippen LogP) is 2.15. The van der Waals surface area contributed by atoms with Gasteiger partial charge in [-0.25, -0.2) is 0 Å². The summed E-state index contributed by atoms with van der Waals surface area (Å²) in [6, 6.07) is 0. The van der Waals surface area contributed by atoms with E-state index in [4.69, 9.17) is 0 Å². The number of Topliss-reactive ketones (excluding diaryl/α,β-unsaturated/α-hetero) is 1. The number of ketones is 1. The van der Waals surface area contributed by atoms with Gasteiger partial charge < -0.3 is 5.11 Å². The number of carbonyl (C=O) groups excluding carboxylic acids is 1. The van der Waals surface area contributed by atoms with Gasteiger partial charge in [-0.3, -0.25) is 4.79 Å². The molecule has 0 aliphatic heterocycles. The SMILES string of the molecule is CC(=O)C1CCC2C(O)CCC[C@]12C.[Ac]. The van der Waals surface area contributed by atoms with Gasteiger partial charge in [0, 0.05) is 50.0 Å². The molecule has 0 amide bonds. The number of hydrogen-bond donors (Lipinski definition) is 1. The molecule has 1 radical (unpaired) electrons. The van der Waals surface area contributed by atoms with Gasteiger partial charge in [-0.15, -0.1) is 0 Å². The maximum Gasteiger partial charge on any atom is 0.133 e. The maximum absolute atomic E-state index is 11.5. The van der Waals surface area contributed by atoms with Crippen molar-refractivity contribution >= 4 is 5.78 Å². The van der Waals surface area contributed by atoms with Crippen LogP contribution in [0.3, 0.4) is 0 Å². The van der Waals surface area contributed by atoms with Gasteiger partial charge in [0.05, 0.1) is 6.10 Å². The molecular weight excluding hydrogens is 403 g/mol. The number of aliphatic hydroxyl groups excluding tert-OH is 1. The molecule has 4 atom stereocenters. The number of fused-ring (bicyclic) bond motifs is 1. The van der Waals surface area contributed by atoms with Crippen LogP contribution in [-0.2, 0) is 4.79 Å². The van der Waals surface area contributed by atoms with Crippen molar-refractivity contribution in [2.24, 2.45) is 17.3 Å². The van der Waals surface area contributed by atoms with E-state index >= 15 is 0 Å². The first-order chi connectivity index (χ1) is 6.55. The fraction of sp³-hybridized carbons (Fsp3) is 0.917. The Morgan fingerprint density at radius 3 is 2.60 bits per heavy atom. The van der Waals surface area contributed by atoms with Crippen LogP contribution in [0.4, 0.5) is 0 Å². The second-order valence-electron chi connectivity index (χ2n) is 5.31. The van der Waals surface area contributed by atoms with Crippen LogP contribution in [0.5, 0.6) is 0 Å². The third kappa shape index (κ3) is 2.35. The molecule has 0 aromatic carbocycles. The molecule has 2 aliphatic rings. The molecule has 15 heavy (non-hydrogen) atoms. The Kier molecular flexibility index (Phi) is 4.85. The van der Waals surface area contributed by atoms with E-state index in [2.05, 4.69) is 6.92 Å². The summed E-state index contributed by atoms with van der Waals surface area (Å²) in [7, 11) is 0. The van der Waals surface area contributed by atoms with Crippen molar-refractivity contribution in [1.29, 1.82) is 0 Å². The monoisotopic (exact) mass is 423 g/mol. The summed E-state index contributed by atoms with van der Waals surface area (Å²) < 4.78 is 0. The van der Waals surface area contributed by atoms with E-state index in [0.29, 0.717) is 11.7 Å². The number of aliphatic hydroxyl groups is 1. The van der Waals surface area contributed by atoms with E-state index in [1.807, 2.05) is 0 Å². The largest absolute Gasteiger partial charge is 0.393 e. The van der Waals surface area contributed by atoms with Crippen molar-refractivity contribution in [1.82, 2.24) is 0 Å². The van der Waals surface area contributed by atoms with Gasteiger partial charge in [0.1, 0.15) is 5.78 Å². The molecule has 0 spiro atoms. The second kappa shape index (κ2) is 5.15. The minimum atomic E-state index is -0.155. The topological polar surface area (TPSA) is 37.3 Å².